The summed E-state index contributed by atoms with van der Waals surface area (Å²) in [7, 11) is -9.25. The van der Waals surface area contributed by atoms with Crippen LogP contribution < -0.4 is 31.9 Å². The van der Waals surface area contributed by atoms with Gasteiger partial charge in [-0.2, -0.15) is 46.7 Å². The van der Waals surface area contributed by atoms with Crippen LogP contribution in [0.2, 0.25) is 0 Å². The van der Waals surface area contributed by atoms with Gasteiger partial charge in [-0.1, -0.05) is 29.3 Å². The summed E-state index contributed by atoms with van der Waals surface area (Å²) in [5.41, 5.74) is 0.353. The highest BCUT2D eigenvalue weighted by atomic mass is 32.2. The van der Waals surface area contributed by atoms with Crippen LogP contribution in [0.5, 0.6) is 0 Å². The molecule has 3 unspecified atom stereocenters. The van der Waals surface area contributed by atoms with E-state index in [4.69, 9.17) is 20.0 Å². The monoisotopic (exact) mass is 936 g/mol. The molecule has 27 nitrogen and oxygen atoms in total. The van der Waals surface area contributed by atoms with Gasteiger partial charge in [0.1, 0.15) is 4.90 Å². The number of hydrogen-bond donors (Lipinski definition) is 14. The molecule has 2 aromatic carbocycles. The molecule has 0 saturated carbocycles. The van der Waals surface area contributed by atoms with Crippen LogP contribution in [0.3, 0.4) is 0 Å². The van der Waals surface area contributed by atoms with Crippen LogP contribution in [-0.4, -0.2) is 153 Å². The van der Waals surface area contributed by atoms with E-state index in [0.29, 0.717) is 0 Å². The topological polar surface area (TPSA) is 415 Å². The van der Waals surface area contributed by atoms with E-state index >= 15 is 0 Å². The first-order chi connectivity index (χ1) is 29.0. The van der Waals surface area contributed by atoms with Crippen LogP contribution in [-0.2, 0) is 40.7 Å². The van der Waals surface area contributed by atoms with Crippen molar-refractivity contribution < 1.29 is 69.8 Å². The fourth-order valence-corrected chi connectivity index (χ4v) is 6.52. The van der Waals surface area contributed by atoms with Crippen LogP contribution in [0.4, 0.5) is 47.1 Å². The summed E-state index contributed by atoms with van der Waals surface area (Å²) in [4.78, 5) is 24.1. The molecule has 0 saturated heterocycles. The molecule has 0 radical (unpaired) electrons. The second-order valence-electron chi connectivity index (χ2n) is 12.0. The number of aromatic nitrogens is 6. The zero-order valence-electron chi connectivity index (χ0n) is 31.2. The fraction of sp³-hybridized carbons (Fsp3) is 0.333. The van der Waals surface area contributed by atoms with Gasteiger partial charge in [-0.15, -0.1) is 4.33 Å². The molecule has 3 atom stereocenters. The van der Waals surface area contributed by atoms with E-state index in [1.807, 2.05) is 0 Å². The van der Waals surface area contributed by atoms with Crippen molar-refractivity contribution in [3.63, 3.8) is 0 Å². The third-order valence-electron chi connectivity index (χ3n) is 7.32. The lowest BCUT2D eigenvalue weighted by Crippen LogP contribution is -2.24. The molecule has 0 aliphatic heterocycles. The molecule has 4 rings (SSSR count). The summed E-state index contributed by atoms with van der Waals surface area (Å²) in [5, 5.41) is 66.0. The molecular weight excluding hydrogens is 897 g/mol. The highest BCUT2D eigenvalue weighted by molar-refractivity contribution is 7.94. The molecule has 0 fully saturated rings. The maximum atomic E-state index is 12.5. The van der Waals surface area contributed by atoms with Crippen molar-refractivity contribution in [2.45, 2.75) is 22.0 Å². The highest BCUT2D eigenvalue weighted by Gasteiger charge is 2.18. The van der Waals surface area contributed by atoms with Gasteiger partial charge >= 0.3 is 0 Å². The van der Waals surface area contributed by atoms with Gasteiger partial charge in [0.2, 0.25) is 35.7 Å². The molecule has 2 aromatic heterocycles. The van der Waals surface area contributed by atoms with Crippen LogP contribution in [0.25, 0.3) is 12.2 Å². The van der Waals surface area contributed by atoms with E-state index in [-0.39, 0.29) is 95.0 Å². The molecule has 0 aliphatic carbocycles. The third kappa shape index (κ3) is 16.8. The van der Waals surface area contributed by atoms with Gasteiger partial charge in [0.25, 0.3) is 20.2 Å². The fourth-order valence-electron chi connectivity index (χ4n) is 4.59. The van der Waals surface area contributed by atoms with Crippen LogP contribution >= 0.6 is 12.0 Å². The van der Waals surface area contributed by atoms with Crippen molar-refractivity contribution in [3.8, 4) is 0 Å². The molecule has 0 aliphatic rings. The smallest absolute Gasteiger partial charge is 0.295 e. The second kappa shape index (κ2) is 23.3. The summed E-state index contributed by atoms with van der Waals surface area (Å²) in [5.74, 6) is -1.03. The van der Waals surface area contributed by atoms with Gasteiger partial charge in [0.15, 0.2) is 11.1 Å². The Balaban J connectivity index is 1.59. The number of nitrogens with one attached hydrogen (secondary N) is 6. The van der Waals surface area contributed by atoms with Gasteiger partial charge in [0, 0.05) is 55.3 Å². The van der Waals surface area contributed by atoms with Gasteiger partial charge in [-0.25, -0.2) is 9.47 Å². The van der Waals surface area contributed by atoms with Crippen LogP contribution in [0, 0.1) is 0 Å². The van der Waals surface area contributed by atoms with Crippen molar-refractivity contribution in [1.29, 1.82) is 0 Å². The number of benzene rings is 2. The number of anilines is 8. The molecule has 0 bridgehead atoms. The maximum absolute atomic E-state index is 12.5. The summed E-state index contributed by atoms with van der Waals surface area (Å²) in [6, 6.07) is 7.92. The quantitative estimate of drug-likeness (QED) is 0.00740. The van der Waals surface area contributed by atoms with Gasteiger partial charge < -0.3 is 56.9 Å². The summed E-state index contributed by atoms with van der Waals surface area (Å²) >= 11 is -1.82. The van der Waals surface area contributed by atoms with Crippen molar-refractivity contribution in [3.05, 3.63) is 47.5 Å². The number of aliphatic hydroxyl groups excluding tert-OH is 4. The lowest BCUT2D eigenvalue weighted by molar-refractivity contribution is -0.432. The molecule has 0 spiro atoms. The zero-order chi connectivity index (χ0) is 44.6. The zero-order valence-corrected chi connectivity index (χ0v) is 34.4. The number of nitrogens with zero attached hydrogens (tertiary/aromatic N) is 6. The number of rotatable bonds is 26. The first-order valence-corrected chi connectivity index (χ1v) is 22.2. The van der Waals surface area contributed by atoms with Gasteiger partial charge in [0.05, 0.1) is 36.1 Å². The van der Waals surface area contributed by atoms with Crippen molar-refractivity contribution in [2.75, 3.05) is 82.8 Å². The maximum Gasteiger partial charge on any atom is 0.295 e. The minimum Gasteiger partial charge on any atom is -0.394 e. The molecule has 0 amide bonds. The number of hydrogen-bond acceptors (Lipinski definition) is 25. The summed E-state index contributed by atoms with van der Waals surface area (Å²) in [6.07, 6.45) is 0.253. The normalized spacial score (nSPS) is 13.4. The Morgan fingerprint density at radius 2 is 1.18 bits per heavy atom. The van der Waals surface area contributed by atoms with E-state index in [0.717, 1.165) is 18.1 Å². The Hall–Kier alpha value is -5.00. The SMILES string of the molecule is O=S(O)c1cc(Nc2nc(NCCSOOO)nc(NCC(O)CO)n2)ccc1C=Cc1ccc(Nc2nc(NCCS(=O)(=O)O)nc(NCC(O)CO)n2)cc1S(=O)(=O)O. The lowest BCUT2D eigenvalue weighted by atomic mass is 10.1. The minimum atomic E-state index is -4.91. The Bertz CT molecular complexity index is 2370. The summed E-state index contributed by atoms with van der Waals surface area (Å²) < 4.78 is 93.5. The van der Waals surface area contributed by atoms with Crippen molar-refractivity contribution >= 4 is 103 Å². The second-order valence-corrected chi connectivity index (χ2v) is 16.6. The predicted molar refractivity (Wildman–Crippen MR) is 221 cm³/mol. The van der Waals surface area contributed by atoms with E-state index in [1.54, 1.807) is 0 Å². The average Bonchev–Trinajstić information content (AvgIpc) is 3.20. The largest absolute Gasteiger partial charge is 0.394 e. The molecule has 4 aromatic rings. The Labute approximate surface area is 353 Å². The van der Waals surface area contributed by atoms with E-state index in [2.05, 4.69) is 71.2 Å². The Kier molecular flexibility index (Phi) is 18.6. The molecular formula is C30H40N12O15S4. The lowest BCUT2D eigenvalue weighted by Gasteiger charge is -2.13. The average molecular weight is 937 g/mol. The summed E-state index contributed by atoms with van der Waals surface area (Å²) in [6.45, 7) is -1.55. The molecule has 2 heterocycles. The van der Waals surface area contributed by atoms with Crippen molar-refractivity contribution in [1.82, 2.24) is 29.9 Å². The number of aliphatic hydroxyl groups is 4. The van der Waals surface area contributed by atoms with Crippen LogP contribution in [0.15, 0.2) is 46.2 Å². The molecule has 61 heavy (non-hydrogen) atoms. The van der Waals surface area contributed by atoms with Crippen LogP contribution in [0.1, 0.15) is 11.1 Å². The predicted octanol–water partition coefficient (Wildman–Crippen LogP) is -0.147. The third-order valence-corrected chi connectivity index (χ3v) is 10.2. The van der Waals surface area contributed by atoms with Gasteiger partial charge in [-0.05, 0) is 35.4 Å². The molecule has 31 heteroatoms. The Morgan fingerprint density at radius 1 is 0.705 bits per heavy atom. The first-order valence-electron chi connectivity index (χ1n) is 17.1. The molecule has 334 valence electrons. The van der Waals surface area contributed by atoms with E-state index in [1.165, 1.54) is 42.5 Å². The standard InChI is InChI=1S/C30H40N12O15S4/c43-15-21(45)13-33-27-37-25(31-7-9-58-57-56-47)39-29(41-27)35-19-5-3-17(23(11-19)59(48)49)1-2-18-4-6-20(12-24(18)61(53,54)55)36-30-40-26(32-8-10-60(50,51)52)38-28(42-30)34-14-22(46)16-44/h1-6,11-12,21-22,43-47H,7-10,13-16H2,(H,48,49)(H,50,51,52)(H,53,54,55)(H3,31,33,35,37,39,41)(H3,32,34,36,38,40,42). The Morgan fingerprint density at radius 3 is 1.67 bits per heavy atom. The van der Waals surface area contributed by atoms with E-state index in [9.17, 15) is 40.4 Å². The first kappa shape index (κ1) is 48.7. The van der Waals surface area contributed by atoms with Crippen molar-refractivity contribution in [2.24, 2.45) is 0 Å². The van der Waals surface area contributed by atoms with Gasteiger partial charge in [-0.3, -0.25) is 9.11 Å². The molecule has 14 N–H and O–H groups in total. The van der Waals surface area contributed by atoms with E-state index < -0.39 is 67.4 Å². The minimum absolute atomic E-state index is 0.0166. The highest BCUT2D eigenvalue weighted by Crippen LogP contribution is 2.28.